The lowest BCUT2D eigenvalue weighted by atomic mass is 9.95. The molecule has 2 aliphatic rings. The standard InChI is InChI=1S/C18H26BrN3O.2ClH/c19-15-4-6-16(7-5-15)22-9-8-13(12-22)11-21-18(23)17-3-1-2-14(17)10-20;;/h4-7,13-14,17H,1-3,8-12,20H2,(H,21,23);2*1H/t13?,14-,17-;;/m1../s1. The molecule has 2 fully saturated rings. The fraction of sp³-hybridized carbons (Fsp3) is 0.611. The molecule has 25 heavy (non-hydrogen) atoms. The molecular weight excluding hydrogens is 425 g/mol. The van der Waals surface area contributed by atoms with E-state index < -0.39 is 0 Å². The van der Waals surface area contributed by atoms with E-state index in [1.165, 1.54) is 5.69 Å². The van der Waals surface area contributed by atoms with Crippen molar-refractivity contribution in [2.45, 2.75) is 25.7 Å². The molecule has 7 heteroatoms. The van der Waals surface area contributed by atoms with Gasteiger partial charge in [-0.15, -0.1) is 24.8 Å². The number of benzene rings is 1. The zero-order valence-electron chi connectivity index (χ0n) is 14.3. The lowest BCUT2D eigenvalue weighted by Gasteiger charge is -2.20. The van der Waals surface area contributed by atoms with E-state index in [1.54, 1.807) is 0 Å². The molecule has 3 N–H and O–H groups in total. The van der Waals surface area contributed by atoms with Crippen LogP contribution in [-0.4, -0.2) is 32.1 Å². The molecule has 1 saturated carbocycles. The quantitative estimate of drug-likeness (QED) is 0.717. The Hall–Kier alpha value is -0.490. The minimum atomic E-state index is 0. The molecule has 1 unspecified atom stereocenters. The van der Waals surface area contributed by atoms with Gasteiger partial charge in [0, 0.05) is 35.7 Å². The second-order valence-electron chi connectivity index (χ2n) is 6.86. The Kier molecular flexibility index (Phi) is 9.57. The molecule has 0 aromatic heterocycles. The first kappa shape index (κ1) is 22.6. The van der Waals surface area contributed by atoms with Gasteiger partial charge in [-0.1, -0.05) is 22.4 Å². The highest BCUT2D eigenvalue weighted by Gasteiger charge is 2.32. The topological polar surface area (TPSA) is 58.4 Å². The largest absolute Gasteiger partial charge is 0.371 e. The SMILES string of the molecule is Cl.Cl.NC[C@H]1CCC[C@H]1C(=O)NCC1CCN(c2ccc(Br)cc2)C1. The Balaban J connectivity index is 0.00000156. The van der Waals surface area contributed by atoms with Crippen LogP contribution in [0.25, 0.3) is 0 Å². The van der Waals surface area contributed by atoms with Crippen molar-refractivity contribution >= 4 is 52.3 Å². The van der Waals surface area contributed by atoms with Gasteiger partial charge in [0.2, 0.25) is 5.91 Å². The number of carbonyl (C=O) groups excluding carboxylic acids is 1. The molecule has 1 aliphatic carbocycles. The molecular formula is C18H28BrCl2N3O. The average molecular weight is 453 g/mol. The van der Waals surface area contributed by atoms with Gasteiger partial charge in [0.1, 0.15) is 0 Å². The minimum absolute atomic E-state index is 0. The van der Waals surface area contributed by atoms with E-state index in [1.807, 2.05) is 0 Å². The van der Waals surface area contributed by atoms with Crippen molar-refractivity contribution in [1.29, 1.82) is 0 Å². The maximum absolute atomic E-state index is 12.4. The Bertz CT molecular complexity index is 544. The van der Waals surface area contributed by atoms with E-state index in [0.717, 1.165) is 49.8 Å². The third kappa shape index (κ3) is 5.75. The molecule has 0 radical (unpaired) electrons. The molecule has 4 nitrogen and oxygen atoms in total. The van der Waals surface area contributed by atoms with Gasteiger partial charge >= 0.3 is 0 Å². The lowest BCUT2D eigenvalue weighted by Crippen LogP contribution is -2.38. The van der Waals surface area contributed by atoms with E-state index in [4.69, 9.17) is 5.73 Å². The molecule has 3 rings (SSSR count). The second kappa shape index (κ2) is 10.6. The van der Waals surface area contributed by atoms with Crippen molar-refractivity contribution in [2.75, 3.05) is 31.1 Å². The first-order chi connectivity index (χ1) is 11.2. The van der Waals surface area contributed by atoms with E-state index in [9.17, 15) is 4.79 Å². The number of carbonyl (C=O) groups is 1. The fourth-order valence-electron chi connectivity index (χ4n) is 3.93. The number of amides is 1. The van der Waals surface area contributed by atoms with Gasteiger partial charge in [0.25, 0.3) is 0 Å². The highest BCUT2D eigenvalue weighted by molar-refractivity contribution is 9.10. The van der Waals surface area contributed by atoms with Gasteiger partial charge in [-0.25, -0.2) is 0 Å². The number of rotatable bonds is 5. The van der Waals surface area contributed by atoms with Crippen molar-refractivity contribution in [3.8, 4) is 0 Å². The van der Waals surface area contributed by atoms with Crippen molar-refractivity contribution in [2.24, 2.45) is 23.5 Å². The number of halogens is 3. The lowest BCUT2D eigenvalue weighted by molar-refractivity contribution is -0.126. The van der Waals surface area contributed by atoms with Crippen molar-refractivity contribution < 1.29 is 4.79 Å². The van der Waals surface area contributed by atoms with Crippen LogP contribution in [0.2, 0.25) is 0 Å². The summed E-state index contributed by atoms with van der Waals surface area (Å²) in [5, 5.41) is 3.18. The third-order valence-corrected chi connectivity index (χ3v) is 5.87. The molecule has 3 atom stereocenters. The fourth-order valence-corrected chi connectivity index (χ4v) is 4.19. The molecule has 1 amide bonds. The Morgan fingerprint density at radius 3 is 2.60 bits per heavy atom. The van der Waals surface area contributed by atoms with E-state index in [-0.39, 0.29) is 36.6 Å². The first-order valence-corrected chi connectivity index (χ1v) is 9.45. The number of nitrogens with zero attached hydrogens (tertiary/aromatic N) is 1. The number of hydrogen-bond acceptors (Lipinski definition) is 3. The summed E-state index contributed by atoms with van der Waals surface area (Å²) in [6.45, 7) is 3.52. The Morgan fingerprint density at radius 2 is 1.92 bits per heavy atom. The van der Waals surface area contributed by atoms with Crippen molar-refractivity contribution in [1.82, 2.24) is 5.32 Å². The zero-order chi connectivity index (χ0) is 16.2. The van der Waals surface area contributed by atoms with Crippen LogP contribution in [0.1, 0.15) is 25.7 Å². The number of anilines is 1. The summed E-state index contributed by atoms with van der Waals surface area (Å²) in [6, 6.07) is 8.46. The summed E-state index contributed by atoms with van der Waals surface area (Å²) in [7, 11) is 0. The van der Waals surface area contributed by atoms with Crippen LogP contribution in [0, 0.1) is 17.8 Å². The predicted molar refractivity (Wildman–Crippen MR) is 112 cm³/mol. The average Bonchev–Trinajstić information content (AvgIpc) is 3.22. The molecule has 0 spiro atoms. The normalized spacial score (nSPS) is 25.2. The number of nitrogens with one attached hydrogen (secondary N) is 1. The minimum Gasteiger partial charge on any atom is -0.371 e. The predicted octanol–water partition coefficient (Wildman–Crippen LogP) is 3.61. The monoisotopic (exact) mass is 451 g/mol. The molecule has 1 aliphatic heterocycles. The summed E-state index contributed by atoms with van der Waals surface area (Å²) >= 11 is 3.47. The highest BCUT2D eigenvalue weighted by atomic mass is 79.9. The summed E-state index contributed by atoms with van der Waals surface area (Å²) in [6.07, 6.45) is 4.39. The third-order valence-electron chi connectivity index (χ3n) is 5.34. The number of nitrogens with two attached hydrogens (primary N) is 1. The Labute approximate surface area is 171 Å². The zero-order valence-corrected chi connectivity index (χ0v) is 17.5. The van der Waals surface area contributed by atoms with Gasteiger partial charge in [0.15, 0.2) is 0 Å². The van der Waals surface area contributed by atoms with Gasteiger partial charge in [-0.2, -0.15) is 0 Å². The molecule has 1 saturated heterocycles. The Morgan fingerprint density at radius 1 is 1.20 bits per heavy atom. The van der Waals surface area contributed by atoms with Crippen LogP contribution >= 0.6 is 40.7 Å². The summed E-state index contributed by atoms with van der Waals surface area (Å²) in [5.74, 6) is 1.29. The van der Waals surface area contributed by atoms with Crippen LogP contribution in [-0.2, 0) is 4.79 Å². The molecule has 1 aromatic rings. The maximum Gasteiger partial charge on any atom is 0.223 e. The van der Waals surface area contributed by atoms with Crippen LogP contribution in [0.5, 0.6) is 0 Å². The van der Waals surface area contributed by atoms with Crippen LogP contribution in [0.3, 0.4) is 0 Å². The van der Waals surface area contributed by atoms with Gasteiger partial charge in [-0.05, 0) is 61.9 Å². The van der Waals surface area contributed by atoms with E-state index in [2.05, 4.69) is 50.4 Å². The summed E-state index contributed by atoms with van der Waals surface area (Å²) in [5.41, 5.74) is 7.05. The first-order valence-electron chi connectivity index (χ1n) is 8.65. The second-order valence-corrected chi connectivity index (χ2v) is 7.77. The molecule has 142 valence electrons. The van der Waals surface area contributed by atoms with Gasteiger partial charge in [0.05, 0.1) is 0 Å². The maximum atomic E-state index is 12.4. The summed E-state index contributed by atoms with van der Waals surface area (Å²) in [4.78, 5) is 14.8. The van der Waals surface area contributed by atoms with E-state index >= 15 is 0 Å². The van der Waals surface area contributed by atoms with Crippen molar-refractivity contribution in [3.05, 3.63) is 28.7 Å². The van der Waals surface area contributed by atoms with E-state index in [0.29, 0.717) is 18.4 Å². The molecule has 1 aromatic carbocycles. The molecule has 0 bridgehead atoms. The smallest absolute Gasteiger partial charge is 0.223 e. The van der Waals surface area contributed by atoms with Gasteiger partial charge in [-0.3, -0.25) is 4.79 Å². The van der Waals surface area contributed by atoms with Crippen molar-refractivity contribution in [3.63, 3.8) is 0 Å². The summed E-state index contributed by atoms with van der Waals surface area (Å²) < 4.78 is 1.11. The van der Waals surface area contributed by atoms with Crippen LogP contribution < -0.4 is 16.0 Å². The highest BCUT2D eigenvalue weighted by Crippen LogP contribution is 2.31. The molecule has 1 heterocycles. The van der Waals surface area contributed by atoms with Crippen LogP contribution in [0.4, 0.5) is 5.69 Å². The van der Waals surface area contributed by atoms with Crippen LogP contribution in [0.15, 0.2) is 28.7 Å². The van der Waals surface area contributed by atoms with Gasteiger partial charge < -0.3 is 16.0 Å². The number of hydrogen-bond donors (Lipinski definition) is 2.